The van der Waals surface area contributed by atoms with E-state index in [0.717, 1.165) is 30.4 Å². The molecule has 0 heterocycles. The van der Waals surface area contributed by atoms with Gasteiger partial charge in [0, 0.05) is 11.6 Å². The normalized spacial score (nSPS) is 15.6. The van der Waals surface area contributed by atoms with E-state index in [4.69, 9.17) is 5.73 Å². The van der Waals surface area contributed by atoms with Gasteiger partial charge >= 0.3 is 0 Å². The molecule has 1 aliphatic carbocycles. The van der Waals surface area contributed by atoms with Crippen LogP contribution in [0.4, 0.5) is 0 Å². The van der Waals surface area contributed by atoms with Gasteiger partial charge in [-0.15, -0.1) is 0 Å². The van der Waals surface area contributed by atoms with Gasteiger partial charge in [-0.3, -0.25) is 4.79 Å². The van der Waals surface area contributed by atoms with Crippen molar-refractivity contribution in [3.05, 3.63) is 35.4 Å². The summed E-state index contributed by atoms with van der Waals surface area (Å²) in [4.78, 5) is 11.9. The van der Waals surface area contributed by atoms with Crippen LogP contribution in [0.2, 0.25) is 0 Å². The van der Waals surface area contributed by atoms with Gasteiger partial charge in [-0.2, -0.15) is 0 Å². The Morgan fingerprint density at radius 1 is 1.44 bits per heavy atom. The minimum atomic E-state index is 0.0450. The number of rotatable bonds is 4. The second-order valence-corrected chi connectivity index (χ2v) is 4.34. The molecule has 86 valence electrons. The lowest BCUT2D eigenvalue weighted by Gasteiger charge is -2.26. The lowest BCUT2D eigenvalue weighted by molar-refractivity contribution is 0.0917. The molecule has 0 spiro atoms. The Kier molecular flexibility index (Phi) is 3.57. The number of nitrogens with one attached hydrogen (secondary N) is 1. The molecule has 1 amide bonds. The van der Waals surface area contributed by atoms with E-state index < -0.39 is 0 Å². The average Bonchev–Trinajstić information content (AvgIpc) is 2.24. The quantitative estimate of drug-likeness (QED) is 0.804. The van der Waals surface area contributed by atoms with Gasteiger partial charge in [0.2, 0.25) is 0 Å². The van der Waals surface area contributed by atoms with Crippen molar-refractivity contribution in [3.63, 3.8) is 0 Å². The van der Waals surface area contributed by atoms with Crippen LogP contribution < -0.4 is 11.1 Å². The molecule has 0 aliphatic heterocycles. The summed E-state index contributed by atoms with van der Waals surface area (Å²) < 4.78 is 0. The molecule has 1 aromatic rings. The van der Waals surface area contributed by atoms with Gasteiger partial charge in [-0.25, -0.2) is 0 Å². The number of benzene rings is 1. The second-order valence-electron chi connectivity index (χ2n) is 4.34. The van der Waals surface area contributed by atoms with Gasteiger partial charge < -0.3 is 11.1 Å². The van der Waals surface area contributed by atoms with Crippen molar-refractivity contribution in [3.8, 4) is 0 Å². The van der Waals surface area contributed by atoms with Crippen molar-refractivity contribution < 1.29 is 4.79 Å². The molecule has 3 nitrogen and oxygen atoms in total. The van der Waals surface area contributed by atoms with Crippen LogP contribution in [0.1, 0.15) is 35.2 Å². The van der Waals surface area contributed by atoms with Crippen LogP contribution in [-0.2, 0) is 6.42 Å². The number of hydrogen-bond donors (Lipinski definition) is 2. The van der Waals surface area contributed by atoms with Crippen LogP contribution in [0.5, 0.6) is 0 Å². The Labute approximate surface area is 96.0 Å². The number of carbonyl (C=O) groups is 1. The van der Waals surface area contributed by atoms with Crippen LogP contribution in [0.25, 0.3) is 0 Å². The van der Waals surface area contributed by atoms with E-state index in [0.29, 0.717) is 12.6 Å². The highest BCUT2D eigenvalue weighted by Crippen LogP contribution is 2.18. The third-order valence-electron chi connectivity index (χ3n) is 3.06. The molecule has 3 heteroatoms. The summed E-state index contributed by atoms with van der Waals surface area (Å²) in [5.41, 5.74) is 7.37. The Morgan fingerprint density at radius 2 is 2.25 bits per heavy atom. The molecule has 2 rings (SSSR count). The molecule has 1 aliphatic rings. The monoisotopic (exact) mass is 218 g/mol. The van der Waals surface area contributed by atoms with Gasteiger partial charge in [0.1, 0.15) is 0 Å². The summed E-state index contributed by atoms with van der Waals surface area (Å²) in [5, 5.41) is 3.03. The molecule has 1 fully saturated rings. The molecule has 0 radical (unpaired) electrons. The summed E-state index contributed by atoms with van der Waals surface area (Å²) in [6, 6.07) is 8.10. The zero-order valence-corrected chi connectivity index (χ0v) is 9.41. The van der Waals surface area contributed by atoms with Crippen molar-refractivity contribution in [2.75, 3.05) is 6.54 Å². The minimum Gasteiger partial charge on any atom is -0.349 e. The molecule has 1 aromatic carbocycles. The largest absolute Gasteiger partial charge is 0.349 e. The summed E-state index contributed by atoms with van der Waals surface area (Å²) in [7, 11) is 0. The first-order valence-corrected chi connectivity index (χ1v) is 5.89. The van der Waals surface area contributed by atoms with Gasteiger partial charge in [0.05, 0.1) is 0 Å². The Balaban J connectivity index is 2.00. The Morgan fingerprint density at radius 3 is 2.88 bits per heavy atom. The fourth-order valence-electron chi connectivity index (χ4n) is 1.86. The van der Waals surface area contributed by atoms with E-state index in [1.807, 2.05) is 24.3 Å². The molecule has 0 unspecified atom stereocenters. The van der Waals surface area contributed by atoms with Gasteiger partial charge in [-0.1, -0.05) is 12.1 Å². The van der Waals surface area contributed by atoms with Crippen LogP contribution in [0.15, 0.2) is 24.3 Å². The van der Waals surface area contributed by atoms with Crippen LogP contribution in [0, 0.1) is 0 Å². The lowest BCUT2D eigenvalue weighted by atomic mass is 9.93. The van der Waals surface area contributed by atoms with Crippen molar-refractivity contribution in [2.45, 2.75) is 31.7 Å². The molecule has 0 bridgehead atoms. The number of hydrogen-bond acceptors (Lipinski definition) is 2. The maximum Gasteiger partial charge on any atom is 0.251 e. The molecule has 3 N–H and O–H groups in total. The maximum atomic E-state index is 11.9. The SMILES string of the molecule is NCCc1cccc(C(=O)NC2CCC2)c1. The van der Waals surface area contributed by atoms with E-state index in [-0.39, 0.29) is 5.91 Å². The molecular formula is C13H18N2O. The summed E-state index contributed by atoms with van der Waals surface area (Å²) >= 11 is 0. The Bertz CT molecular complexity index is 372. The molecule has 1 saturated carbocycles. The van der Waals surface area contributed by atoms with E-state index in [1.165, 1.54) is 6.42 Å². The maximum absolute atomic E-state index is 11.9. The molecule has 16 heavy (non-hydrogen) atoms. The average molecular weight is 218 g/mol. The van der Waals surface area contributed by atoms with Crippen molar-refractivity contribution in [1.29, 1.82) is 0 Å². The van der Waals surface area contributed by atoms with E-state index in [2.05, 4.69) is 5.32 Å². The zero-order valence-electron chi connectivity index (χ0n) is 9.41. The summed E-state index contributed by atoms with van der Waals surface area (Å²) in [6.07, 6.45) is 4.30. The van der Waals surface area contributed by atoms with E-state index in [1.54, 1.807) is 0 Å². The highest BCUT2D eigenvalue weighted by atomic mass is 16.1. The molecular weight excluding hydrogens is 200 g/mol. The first-order chi connectivity index (χ1) is 7.79. The molecule has 0 saturated heterocycles. The lowest BCUT2D eigenvalue weighted by Crippen LogP contribution is -2.39. The topological polar surface area (TPSA) is 55.1 Å². The zero-order chi connectivity index (χ0) is 11.4. The van der Waals surface area contributed by atoms with Gasteiger partial charge in [0.25, 0.3) is 5.91 Å². The number of nitrogens with two attached hydrogens (primary N) is 1. The third-order valence-corrected chi connectivity index (χ3v) is 3.06. The van der Waals surface area contributed by atoms with Crippen LogP contribution in [0.3, 0.4) is 0 Å². The first-order valence-electron chi connectivity index (χ1n) is 5.89. The molecule has 0 aromatic heterocycles. The highest BCUT2D eigenvalue weighted by molar-refractivity contribution is 5.94. The fraction of sp³-hybridized carbons (Fsp3) is 0.462. The minimum absolute atomic E-state index is 0.0450. The van der Waals surface area contributed by atoms with Gasteiger partial charge in [-0.05, 0) is 49.9 Å². The fourth-order valence-corrected chi connectivity index (χ4v) is 1.86. The van der Waals surface area contributed by atoms with Crippen LogP contribution in [-0.4, -0.2) is 18.5 Å². The van der Waals surface area contributed by atoms with Crippen molar-refractivity contribution in [1.82, 2.24) is 5.32 Å². The Hall–Kier alpha value is -1.35. The third kappa shape index (κ3) is 2.61. The van der Waals surface area contributed by atoms with Crippen molar-refractivity contribution in [2.24, 2.45) is 5.73 Å². The number of amides is 1. The number of carbonyl (C=O) groups excluding carboxylic acids is 1. The highest BCUT2D eigenvalue weighted by Gasteiger charge is 2.19. The standard InChI is InChI=1S/C13H18N2O/c14-8-7-10-3-1-4-11(9-10)13(16)15-12-5-2-6-12/h1,3-4,9,12H,2,5-8,14H2,(H,15,16). The predicted molar refractivity (Wildman–Crippen MR) is 64.3 cm³/mol. The summed E-state index contributed by atoms with van der Waals surface area (Å²) in [6.45, 7) is 0.619. The van der Waals surface area contributed by atoms with Crippen LogP contribution >= 0.6 is 0 Å². The van der Waals surface area contributed by atoms with E-state index in [9.17, 15) is 4.79 Å². The smallest absolute Gasteiger partial charge is 0.251 e. The first kappa shape index (κ1) is 11.1. The second kappa shape index (κ2) is 5.12. The predicted octanol–water partition coefficient (Wildman–Crippen LogP) is 1.47. The molecule has 0 atom stereocenters. The van der Waals surface area contributed by atoms with Crippen molar-refractivity contribution >= 4 is 5.91 Å². The van der Waals surface area contributed by atoms with Gasteiger partial charge in [0.15, 0.2) is 0 Å². The summed E-state index contributed by atoms with van der Waals surface area (Å²) in [5.74, 6) is 0.0450. The van der Waals surface area contributed by atoms with E-state index >= 15 is 0 Å².